The topological polar surface area (TPSA) is 40.7 Å². The molecule has 0 amide bonds. The molecule has 0 saturated heterocycles. The minimum Gasteiger partial charge on any atom is -0.355 e. The van der Waals surface area contributed by atoms with Gasteiger partial charge in [-0.3, -0.25) is 0 Å². The fourth-order valence-electron chi connectivity index (χ4n) is 1.36. The number of aromatic nitrogens is 2. The number of hydrogen-bond acceptors (Lipinski definition) is 2. The van der Waals surface area contributed by atoms with Gasteiger partial charge in [-0.25, -0.2) is 4.98 Å². The van der Waals surface area contributed by atoms with E-state index in [0.29, 0.717) is 5.95 Å². The summed E-state index contributed by atoms with van der Waals surface area (Å²) in [4.78, 5) is 6.99. The first-order chi connectivity index (χ1) is 7.54. The highest BCUT2D eigenvalue weighted by Gasteiger charge is 2.26. The van der Waals surface area contributed by atoms with Crippen molar-refractivity contribution in [3.8, 4) is 0 Å². The molecule has 16 heavy (non-hydrogen) atoms. The van der Waals surface area contributed by atoms with Crippen molar-refractivity contribution < 1.29 is 13.2 Å². The summed E-state index contributed by atoms with van der Waals surface area (Å²) in [6.07, 6.45) is -5.01. The molecule has 86 valence electrons. The zero-order valence-corrected chi connectivity index (χ0v) is 8.30. The molecule has 0 bridgehead atoms. The number of para-hydroxylation sites is 2. The second-order valence-electron chi connectivity index (χ2n) is 3.39. The number of anilines is 1. The quantitative estimate of drug-likeness (QED) is 0.849. The maximum Gasteiger partial charge on any atom is 0.390 e. The molecule has 0 aliphatic heterocycles. The lowest BCUT2D eigenvalue weighted by Gasteiger charge is -2.05. The van der Waals surface area contributed by atoms with E-state index in [1.807, 2.05) is 18.2 Å². The van der Waals surface area contributed by atoms with E-state index in [0.717, 1.165) is 11.0 Å². The van der Waals surface area contributed by atoms with Crippen LogP contribution in [0, 0.1) is 0 Å². The number of rotatable bonds is 3. The second-order valence-corrected chi connectivity index (χ2v) is 3.39. The van der Waals surface area contributed by atoms with Gasteiger partial charge in [-0.1, -0.05) is 12.1 Å². The van der Waals surface area contributed by atoms with Gasteiger partial charge < -0.3 is 10.3 Å². The zero-order valence-electron chi connectivity index (χ0n) is 8.30. The summed E-state index contributed by atoms with van der Waals surface area (Å²) in [7, 11) is 0. The molecule has 0 saturated carbocycles. The van der Waals surface area contributed by atoms with Crippen molar-refractivity contribution in [3.05, 3.63) is 24.3 Å². The fraction of sp³-hybridized carbons (Fsp3) is 0.300. The highest BCUT2D eigenvalue weighted by atomic mass is 19.4. The van der Waals surface area contributed by atoms with Gasteiger partial charge in [-0.05, 0) is 12.1 Å². The highest BCUT2D eigenvalue weighted by molar-refractivity contribution is 5.77. The molecule has 2 aromatic rings. The number of H-pyrrole nitrogens is 1. The molecule has 1 heterocycles. The Balaban J connectivity index is 2.00. The van der Waals surface area contributed by atoms with Gasteiger partial charge in [0.05, 0.1) is 17.5 Å². The standard InChI is InChI=1S/C10H10F3N3/c11-10(12,13)5-6-14-9-15-7-3-1-2-4-8(7)16-9/h1-4H,5-6H2,(H2,14,15,16). The molecular weight excluding hydrogens is 219 g/mol. The van der Waals surface area contributed by atoms with Crippen molar-refractivity contribution in [1.82, 2.24) is 9.97 Å². The molecule has 6 heteroatoms. The Labute approximate surface area is 89.7 Å². The van der Waals surface area contributed by atoms with Crippen LogP contribution in [0.5, 0.6) is 0 Å². The molecule has 0 aliphatic carbocycles. The van der Waals surface area contributed by atoms with Crippen molar-refractivity contribution >= 4 is 17.0 Å². The van der Waals surface area contributed by atoms with Crippen LogP contribution in [0.4, 0.5) is 19.1 Å². The molecule has 2 N–H and O–H groups in total. The molecule has 2 rings (SSSR count). The van der Waals surface area contributed by atoms with E-state index in [1.54, 1.807) is 6.07 Å². The van der Waals surface area contributed by atoms with E-state index < -0.39 is 12.6 Å². The van der Waals surface area contributed by atoms with Gasteiger partial charge in [0.15, 0.2) is 0 Å². The smallest absolute Gasteiger partial charge is 0.355 e. The van der Waals surface area contributed by atoms with Gasteiger partial charge >= 0.3 is 6.18 Å². The van der Waals surface area contributed by atoms with Crippen molar-refractivity contribution in [3.63, 3.8) is 0 Å². The number of nitrogens with zero attached hydrogens (tertiary/aromatic N) is 1. The Bertz CT molecular complexity index is 442. The van der Waals surface area contributed by atoms with Crippen LogP contribution in [0.25, 0.3) is 11.0 Å². The van der Waals surface area contributed by atoms with Crippen molar-refractivity contribution in [2.24, 2.45) is 0 Å². The Hall–Kier alpha value is -1.72. The van der Waals surface area contributed by atoms with E-state index in [-0.39, 0.29) is 6.54 Å². The highest BCUT2D eigenvalue weighted by Crippen LogP contribution is 2.19. The summed E-state index contributed by atoms with van der Waals surface area (Å²) < 4.78 is 35.7. The van der Waals surface area contributed by atoms with Gasteiger partial charge in [0.2, 0.25) is 5.95 Å². The number of fused-ring (bicyclic) bond motifs is 1. The van der Waals surface area contributed by atoms with E-state index in [4.69, 9.17) is 0 Å². The summed E-state index contributed by atoms with van der Waals surface area (Å²) in [5, 5.41) is 2.60. The first kappa shape index (κ1) is 10.8. The predicted molar refractivity (Wildman–Crippen MR) is 55.3 cm³/mol. The average molecular weight is 229 g/mol. The van der Waals surface area contributed by atoms with Gasteiger partial charge in [-0.15, -0.1) is 0 Å². The van der Waals surface area contributed by atoms with E-state index in [1.165, 1.54) is 0 Å². The van der Waals surface area contributed by atoms with Crippen LogP contribution in [-0.4, -0.2) is 22.7 Å². The monoisotopic (exact) mass is 229 g/mol. The third kappa shape index (κ3) is 2.65. The lowest BCUT2D eigenvalue weighted by atomic mass is 10.3. The van der Waals surface area contributed by atoms with E-state index in [9.17, 15) is 13.2 Å². The molecule has 0 radical (unpaired) electrons. The van der Waals surface area contributed by atoms with Crippen LogP contribution in [0.3, 0.4) is 0 Å². The third-order valence-corrected chi connectivity index (χ3v) is 2.09. The number of aromatic amines is 1. The lowest BCUT2D eigenvalue weighted by molar-refractivity contribution is -0.131. The average Bonchev–Trinajstić information content (AvgIpc) is 2.57. The number of halogens is 3. The van der Waals surface area contributed by atoms with Crippen LogP contribution in [0.15, 0.2) is 24.3 Å². The van der Waals surface area contributed by atoms with Gasteiger partial charge in [-0.2, -0.15) is 13.2 Å². The molecule has 0 fully saturated rings. The number of hydrogen-bond donors (Lipinski definition) is 2. The fourth-order valence-corrected chi connectivity index (χ4v) is 1.36. The molecule has 1 aromatic carbocycles. The first-order valence-corrected chi connectivity index (χ1v) is 4.80. The summed E-state index contributed by atoms with van der Waals surface area (Å²) in [6, 6.07) is 7.26. The normalized spacial score (nSPS) is 11.9. The van der Waals surface area contributed by atoms with E-state index >= 15 is 0 Å². The van der Waals surface area contributed by atoms with Crippen molar-refractivity contribution in [2.45, 2.75) is 12.6 Å². The van der Waals surface area contributed by atoms with Gasteiger partial charge in [0, 0.05) is 6.54 Å². The lowest BCUT2D eigenvalue weighted by Crippen LogP contribution is -2.15. The summed E-state index contributed by atoms with van der Waals surface area (Å²) in [6.45, 7) is -0.177. The number of imidazole rings is 1. The molecule has 0 spiro atoms. The van der Waals surface area contributed by atoms with Crippen LogP contribution < -0.4 is 5.32 Å². The molecule has 0 atom stereocenters. The predicted octanol–water partition coefficient (Wildman–Crippen LogP) is 2.93. The largest absolute Gasteiger partial charge is 0.390 e. The molecule has 0 unspecified atom stereocenters. The SMILES string of the molecule is FC(F)(F)CCNc1nc2ccccc2[nH]1. The van der Waals surface area contributed by atoms with Crippen LogP contribution in [0.1, 0.15) is 6.42 Å². The number of nitrogens with one attached hydrogen (secondary N) is 2. The molecular formula is C10H10F3N3. The molecule has 3 nitrogen and oxygen atoms in total. The van der Waals surface area contributed by atoms with Crippen LogP contribution in [0.2, 0.25) is 0 Å². The van der Waals surface area contributed by atoms with Gasteiger partial charge in [0.1, 0.15) is 0 Å². The van der Waals surface area contributed by atoms with Gasteiger partial charge in [0.25, 0.3) is 0 Å². The Morgan fingerprint density at radius 1 is 1.25 bits per heavy atom. The van der Waals surface area contributed by atoms with E-state index in [2.05, 4.69) is 15.3 Å². The minimum absolute atomic E-state index is 0.177. The minimum atomic E-state index is -4.14. The number of alkyl halides is 3. The third-order valence-electron chi connectivity index (χ3n) is 2.09. The Morgan fingerprint density at radius 3 is 2.69 bits per heavy atom. The second kappa shape index (κ2) is 4.03. The van der Waals surface area contributed by atoms with Crippen LogP contribution in [-0.2, 0) is 0 Å². The molecule has 1 aromatic heterocycles. The summed E-state index contributed by atoms with van der Waals surface area (Å²) in [5.41, 5.74) is 1.54. The maximum absolute atomic E-state index is 11.9. The summed E-state index contributed by atoms with van der Waals surface area (Å²) >= 11 is 0. The first-order valence-electron chi connectivity index (χ1n) is 4.80. The maximum atomic E-state index is 11.9. The Morgan fingerprint density at radius 2 is 2.00 bits per heavy atom. The molecule has 0 aliphatic rings. The summed E-state index contributed by atoms with van der Waals surface area (Å²) in [5.74, 6) is 0.366. The number of benzene rings is 1. The van der Waals surface area contributed by atoms with Crippen molar-refractivity contribution in [2.75, 3.05) is 11.9 Å². The van der Waals surface area contributed by atoms with Crippen LogP contribution >= 0.6 is 0 Å². The van der Waals surface area contributed by atoms with Crippen molar-refractivity contribution in [1.29, 1.82) is 0 Å². The zero-order chi connectivity index (χ0) is 11.6. The Kier molecular flexibility index (Phi) is 2.72.